The van der Waals surface area contributed by atoms with E-state index in [1.165, 1.54) is 6.08 Å². The van der Waals surface area contributed by atoms with Crippen LogP contribution in [0.1, 0.15) is 5.56 Å². The van der Waals surface area contributed by atoms with Crippen molar-refractivity contribution >= 4 is 46.2 Å². The van der Waals surface area contributed by atoms with Crippen LogP contribution in [0.5, 0.6) is 11.5 Å². The van der Waals surface area contributed by atoms with Gasteiger partial charge < -0.3 is 9.84 Å². The lowest BCUT2D eigenvalue weighted by molar-refractivity contribution is -0.131. The highest BCUT2D eigenvalue weighted by Gasteiger charge is 2.08. The molecule has 20 heavy (non-hydrogen) atoms. The van der Waals surface area contributed by atoms with Crippen molar-refractivity contribution in [1.82, 2.24) is 0 Å². The number of hydrogen-bond acceptors (Lipinski definition) is 2. The van der Waals surface area contributed by atoms with Gasteiger partial charge in [0.25, 0.3) is 0 Å². The number of carbonyl (C=O) groups is 1. The van der Waals surface area contributed by atoms with Crippen LogP contribution >= 0.6 is 34.2 Å². The third-order valence-corrected chi connectivity index (χ3v) is 3.45. The van der Waals surface area contributed by atoms with Gasteiger partial charge in [-0.25, -0.2) is 4.79 Å². The minimum atomic E-state index is -1.02. The minimum absolute atomic E-state index is 0.427. The Morgan fingerprint density at radius 2 is 1.90 bits per heavy atom. The SMILES string of the molecule is O=C(O)/C=C/c1cccc(Cl)c1Oc1ccc(I)cc1. The molecule has 102 valence electrons. The van der Waals surface area contributed by atoms with E-state index in [1.807, 2.05) is 24.3 Å². The maximum atomic E-state index is 10.6. The molecule has 5 heteroatoms. The summed E-state index contributed by atoms with van der Waals surface area (Å²) in [5.41, 5.74) is 0.610. The van der Waals surface area contributed by atoms with Gasteiger partial charge in [-0.05, 0) is 59.0 Å². The molecule has 2 rings (SSSR count). The first-order chi connectivity index (χ1) is 9.56. The number of para-hydroxylation sites is 1. The summed E-state index contributed by atoms with van der Waals surface area (Å²) < 4.78 is 6.85. The maximum absolute atomic E-state index is 10.6. The fourth-order valence-corrected chi connectivity index (χ4v) is 2.13. The van der Waals surface area contributed by atoms with Crippen LogP contribution in [0, 0.1) is 3.57 Å². The fourth-order valence-electron chi connectivity index (χ4n) is 1.55. The van der Waals surface area contributed by atoms with Gasteiger partial charge in [-0.15, -0.1) is 0 Å². The summed E-state index contributed by atoms with van der Waals surface area (Å²) in [6.45, 7) is 0. The van der Waals surface area contributed by atoms with Crippen molar-refractivity contribution in [2.24, 2.45) is 0 Å². The van der Waals surface area contributed by atoms with Crippen molar-refractivity contribution in [3.63, 3.8) is 0 Å². The molecule has 0 heterocycles. The van der Waals surface area contributed by atoms with E-state index in [0.717, 1.165) is 9.65 Å². The minimum Gasteiger partial charge on any atom is -0.478 e. The lowest BCUT2D eigenvalue weighted by Crippen LogP contribution is -1.90. The Morgan fingerprint density at radius 3 is 2.55 bits per heavy atom. The van der Waals surface area contributed by atoms with E-state index in [9.17, 15) is 4.79 Å². The van der Waals surface area contributed by atoms with E-state index in [-0.39, 0.29) is 0 Å². The molecule has 0 spiro atoms. The number of ether oxygens (including phenoxy) is 1. The normalized spacial score (nSPS) is 10.7. The molecule has 3 nitrogen and oxygen atoms in total. The van der Waals surface area contributed by atoms with Gasteiger partial charge in [-0.3, -0.25) is 0 Å². The second-order valence-electron chi connectivity index (χ2n) is 3.89. The lowest BCUT2D eigenvalue weighted by atomic mass is 10.2. The Balaban J connectivity index is 2.34. The van der Waals surface area contributed by atoms with Crippen LogP contribution in [0.2, 0.25) is 5.02 Å². The van der Waals surface area contributed by atoms with Crippen LogP contribution in [0.25, 0.3) is 6.08 Å². The van der Waals surface area contributed by atoms with E-state index < -0.39 is 5.97 Å². The molecule has 0 bridgehead atoms. The van der Waals surface area contributed by atoms with Gasteiger partial charge in [0.05, 0.1) is 5.02 Å². The van der Waals surface area contributed by atoms with Gasteiger partial charge >= 0.3 is 5.97 Å². The molecular weight excluding hydrogens is 391 g/mol. The van der Waals surface area contributed by atoms with E-state index >= 15 is 0 Å². The fraction of sp³-hybridized carbons (Fsp3) is 0. The predicted molar refractivity (Wildman–Crippen MR) is 87.4 cm³/mol. The predicted octanol–water partition coefficient (Wildman–Crippen LogP) is 4.83. The Morgan fingerprint density at radius 1 is 1.20 bits per heavy atom. The van der Waals surface area contributed by atoms with Crippen molar-refractivity contribution in [3.05, 3.63) is 62.7 Å². The van der Waals surface area contributed by atoms with Gasteiger partial charge in [0.15, 0.2) is 5.75 Å². The maximum Gasteiger partial charge on any atom is 0.328 e. The summed E-state index contributed by atoms with van der Waals surface area (Å²) in [5, 5.41) is 9.12. The summed E-state index contributed by atoms with van der Waals surface area (Å²) in [6.07, 6.45) is 2.50. The molecule has 0 saturated carbocycles. The molecule has 0 aliphatic rings. The summed E-state index contributed by atoms with van der Waals surface area (Å²) in [4.78, 5) is 10.6. The van der Waals surface area contributed by atoms with E-state index in [1.54, 1.807) is 18.2 Å². The Kier molecular flexibility index (Phi) is 5.03. The first kappa shape index (κ1) is 14.9. The molecule has 0 aromatic heterocycles. The number of carboxylic acids is 1. The average Bonchev–Trinajstić information content (AvgIpc) is 2.41. The van der Waals surface area contributed by atoms with Crippen molar-refractivity contribution < 1.29 is 14.6 Å². The summed E-state index contributed by atoms with van der Waals surface area (Å²) >= 11 is 8.32. The van der Waals surface area contributed by atoms with Gasteiger partial charge in [0, 0.05) is 15.2 Å². The number of carboxylic acid groups (broad SMARTS) is 1. The highest BCUT2D eigenvalue weighted by molar-refractivity contribution is 14.1. The standard InChI is InChI=1S/C15H10ClIO3/c16-13-3-1-2-10(4-9-14(18)19)15(13)20-12-7-5-11(17)6-8-12/h1-9H,(H,18,19)/b9-4+. The van der Waals surface area contributed by atoms with E-state index in [0.29, 0.717) is 22.1 Å². The largest absolute Gasteiger partial charge is 0.478 e. The molecule has 0 atom stereocenters. The molecule has 2 aromatic rings. The van der Waals surface area contributed by atoms with E-state index in [4.69, 9.17) is 21.4 Å². The Labute approximate surface area is 135 Å². The van der Waals surface area contributed by atoms with Gasteiger partial charge in [-0.2, -0.15) is 0 Å². The topological polar surface area (TPSA) is 46.5 Å². The second kappa shape index (κ2) is 6.76. The zero-order valence-electron chi connectivity index (χ0n) is 10.2. The molecule has 0 fully saturated rings. The molecule has 0 radical (unpaired) electrons. The van der Waals surface area contributed by atoms with Crippen LogP contribution in [0.4, 0.5) is 0 Å². The third-order valence-electron chi connectivity index (χ3n) is 2.44. The first-order valence-corrected chi connectivity index (χ1v) is 7.15. The molecule has 2 aromatic carbocycles. The molecule has 0 amide bonds. The lowest BCUT2D eigenvalue weighted by Gasteiger charge is -2.10. The highest BCUT2D eigenvalue weighted by Crippen LogP contribution is 2.33. The van der Waals surface area contributed by atoms with Crippen LogP contribution < -0.4 is 4.74 Å². The zero-order chi connectivity index (χ0) is 14.5. The van der Waals surface area contributed by atoms with Crippen molar-refractivity contribution in [2.45, 2.75) is 0 Å². The number of halogens is 2. The van der Waals surface area contributed by atoms with Crippen molar-refractivity contribution in [2.75, 3.05) is 0 Å². The molecule has 0 saturated heterocycles. The first-order valence-electron chi connectivity index (χ1n) is 5.69. The highest BCUT2D eigenvalue weighted by atomic mass is 127. The monoisotopic (exact) mass is 400 g/mol. The Bertz CT molecular complexity index is 651. The van der Waals surface area contributed by atoms with Gasteiger partial charge in [0.2, 0.25) is 0 Å². The number of benzene rings is 2. The summed E-state index contributed by atoms with van der Waals surface area (Å²) in [5.74, 6) is 0.0570. The smallest absolute Gasteiger partial charge is 0.328 e. The van der Waals surface area contributed by atoms with Gasteiger partial charge in [0.1, 0.15) is 5.75 Å². The molecule has 0 aliphatic carbocycles. The van der Waals surface area contributed by atoms with Crippen LogP contribution in [-0.4, -0.2) is 11.1 Å². The third kappa shape index (κ3) is 3.98. The van der Waals surface area contributed by atoms with Crippen LogP contribution in [0.15, 0.2) is 48.5 Å². The quantitative estimate of drug-likeness (QED) is 0.590. The zero-order valence-corrected chi connectivity index (χ0v) is 13.1. The molecular formula is C15H10ClIO3. The molecule has 1 N–H and O–H groups in total. The number of rotatable bonds is 4. The Hall–Kier alpha value is -1.53. The van der Waals surface area contributed by atoms with Crippen molar-refractivity contribution in [3.8, 4) is 11.5 Å². The summed E-state index contributed by atoms with van der Waals surface area (Å²) in [7, 11) is 0. The second-order valence-corrected chi connectivity index (χ2v) is 5.54. The van der Waals surface area contributed by atoms with Crippen LogP contribution in [0.3, 0.4) is 0 Å². The van der Waals surface area contributed by atoms with Crippen LogP contribution in [-0.2, 0) is 4.79 Å². The number of aliphatic carboxylic acids is 1. The average molecular weight is 401 g/mol. The van der Waals surface area contributed by atoms with Crippen molar-refractivity contribution in [1.29, 1.82) is 0 Å². The molecule has 0 unspecified atom stereocenters. The van der Waals surface area contributed by atoms with Gasteiger partial charge in [-0.1, -0.05) is 23.7 Å². The molecule has 0 aliphatic heterocycles. The number of hydrogen-bond donors (Lipinski definition) is 1. The summed E-state index contributed by atoms with van der Waals surface area (Å²) in [6, 6.07) is 12.7. The van der Waals surface area contributed by atoms with E-state index in [2.05, 4.69) is 22.6 Å².